The van der Waals surface area contributed by atoms with Crippen LogP contribution in [-0.4, -0.2) is 19.6 Å². The van der Waals surface area contributed by atoms with Gasteiger partial charge >= 0.3 is 38.6 Å². The van der Waals surface area contributed by atoms with Gasteiger partial charge in [-0.15, -0.1) is 0 Å². The van der Waals surface area contributed by atoms with Crippen molar-refractivity contribution in [1.29, 1.82) is 0 Å². The standard InChI is InChI=1S/C11H16N4.2ClH.Hg/c1-8-5-10(3)14(12-8)7-15-11(4)6-9(2)13-15;;;/h5-6H,7H2,1-4H3;2*1H;/q;;;+2/p-2. The van der Waals surface area contributed by atoms with Crippen molar-refractivity contribution < 1.29 is 22.1 Å². The molecular weight excluding hydrogens is 460 g/mol. The van der Waals surface area contributed by atoms with Crippen LogP contribution in [0.15, 0.2) is 12.1 Å². The van der Waals surface area contributed by atoms with Crippen molar-refractivity contribution in [2.24, 2.45) is 0 Å². The Morgan fingerprint density at radius 3 is 1.50 bits per heavy atom. The first kappa shape index (κ1) is 16.0. The first-order valence-electron chi connectivity index (χ1n) is 5.62. The van der Waals surface area contributed by atoms with Crippen molar-refractivity contribution in [3.05, 3.63) is 34.9 Å². The summed E-state index contributed by atoms with van der Waals surface area (Å²) in [6.07, 6.45) is 0. The molecule has 0 aliphatic heterocycles. The van der Waals surface area contributed by atoms with E-state index in [4.69, 9.17) is 16.5 Å². The molecule has 0 aliphatic rings. The molecule has 4 nitrogen and oxygen atoms in total. The number of halogens is 2. The first-order chi connectivity index (χ1) is 8.47. The second kappa shape index (κ2) is 7.51. The van der Waals surface area contributed by atoms with Crippen molar-refractivity contribution in [3.8, 4) is 0 Å². The molecule has 0 unspecified atom stereocenters. The molecule has 0 N–H and O–H groups in total. The first-order valence-corrected chi connectivity index (χ1v) is 19.2. The number of rotatable bonds is 2. The van der Waals surface area contributed by atoms with E-state index in [2.05, 4.69) is 36.2 Å². The fourth-order valence-electron chi connectivity index (χ4n) is 1.76. The van der Waals surface area contributed by atoms with Crippen molar-refractivity contribution >= 4 is 16.5 Å². The number of aryl methyl sites for hydroxylation is 4. The van der Waals surface area contributed by atoms with Gasteiger partial charge < -0.3 is 0 Å². The molecule has 0 bridgehead atoms. The Balaban J connectivity index is 0.000000492. The number of hydrogen-bond acceptors (Lipinski definition) is 2. The molecule has 0 fully saturated rings. The van der Waals surface area contributed by atoms with Crippen LogP contribution in [0.4, 0.5) is 0 Å². The molecule has 0 aromatic carbocycles. The molecule has 18 heavy (non-hydrogen) atoms. The van der Waals surface area contributed by atoms with Gasteiger partial charge in [-0.2, -0.15) is 10.2 Å². The van der Waals surface area contributed by atoms with Crippen LogP contribution in [0, 0.1) is 27.7 Å². The molecule has 0 radical (unpaired) electrons. The Kier molecular flexibility index (Phi) is 6.67. The van der Waals surface area contributed by atoms with Gasteiger partial charge in [-0.05, 0) is 39.8 Å². The van der Waals surface area contributed by atoms with Crippen LogP contribution in [0.2, 0.25) is 0 Å². The van der Waals surface area contributed by atoms with E-state index >= 15 is 0 Å². The van der Waals surface area contributed by atoms with Gasteiger partial charge in [-0.25, -0.2) is 9.36 Å². The summed E-state index contributed by atoms with van der Waals surface area (Å²) in [4.78, 5) is 0. The van der Waals surface area contributed by atoms with E-state index in [0.29, 0.717) is 6.67 Å². The summed E-state index contributed by atoms with van der Waals surface area (Å²) in [6, 6.07) is 4.15. The molecule has 2 rings (SSSR count). The third kappa shape index (κ3) is 4.55. The molecule has 96 valence electrons. The van der Waals surface area contributed by atoms with Crippen LogP contribution in [0.25, 0.3) is 0 Å². The van der Waals surface area contributed by atoms with Crippen LogP contribution in [0.1, 0.15) is 22.8 Å². The third-order valence-corrected chi connectivity index (χ3v) is 2.47. The topological polar surface area (TPSA) is 35.6 Å². The molecule has 0 aliphatic carbocycles. The molecule has 0 saturated heterocycles. The van der Waals surface area contributed by atoms with E-state index in [9.17, 15) is 0 Å². The molecule has 2 heterocycles. The summed E-state index contributed by atoms with van der Waals surface area (Å²) in [7, 11) is 9.97. The summed E-state index contributed by atoms with van der Waals surface area (Å²) >= 11 is -1.14. The van der Waals surface area contributed by atoms with E-state index in [0.717, 1.165) is 11.4 Å². The fourth-order valence-corrected chi connectivity index (χ4v) is 1.76. The van der Waals surface area contributed by atoms with E-state index in [-0.39, 0.29) is 0 Å². The zero-order valence-corrected chi connectivity index (χ0v) is 18.1. The number of nitrogens with zero attached hydrogens (tertiary/aromatic N) is 4. The van der Waals surface area contributed by atoms with Crippen LogP contribution < -0.4 is 0 Å². The van der Waals surface area contributed by atoms with Gasteiger partial charge in [0.15, 0.2) is 0 Å². The second-order valence-corrected chi connectivity index (χ2v) is 12.0. The normalized spacial score (nSPS) is 9.67. The Morgan fingerprint density at radius 1 is 0.944 bits per heavy atom. The molecular formula is C11H16Cl2HgN4. The fraction of sp³-hybridized carbons (Fsp3) is 0.455. The SMILES string of the molecule is Cc1cc(C)n(Cn2nc(C)cc2C)n1.[Cl][Hg][Cl]. The predicted octanol–water partition coefficient (Wildman–Crippen LogP) is 3.20. The van der Waals surface area contributed by atoms with Crippen molar-refractivity contribution in [1.82, 2.24) is 19.6 Å². The van der Waals surface area contributed by atoms with Gasteiger partial charge in [0.1, 0.15) is 6.67 Å². The van der Waals surface area contributed by atoms with Crippen LogP contribution in [0.5, 0.6) is 0 Å². The van der Waals surface area contributed by atoms with Gasteiger partial charge in [0, 0.05) is 11.4 Å². The van der Waals surface area contributed by atoms with Gasteiger partial charge in [0.25, 0.3) is 0 Å². The summed E-state index contributed by atoms with van der Waals surface area (Å²) in [5.74, 6) is 0. The van der Waals surface area contributed by atoms with Gasteiger partial charge in [0.05, 0.1) is 11.4 Å². The second-order valence-electron chi connectivity index (χ2n) is 4.10. The van der Waals surface area contributed by atoms with E-state index in [1.165, 1.54) is 11.4 Å². The van der Waals surface area contributed by atoms with Gasteiger partial charge in [0.2, 0.25) is 0 Å². The molecule has 2 aromatic heterocycles. The average Bonchev–Trinajstić information content (AvgIpc) is 2.72. The van der Waals surface area contributed by atoms with Crippen LogP contribution in [-0.2, 0) is 28.8 Å². The molecule has 2 aromatic rings. The quantitative estimate of drug-likeness (QED) is 0.626. The molecule has 0 amide bonds. The zero-order chi connectivity index (χ0) is 13.7. The maximum atomic E-state index is 4.99. The van der Waals surface area contributed by atoms with E-state index < -0.39 is 22.1 Å². The molecule has 0 spiro atoms. The van der Waals surface area contributed by atoms with Crippen molar-refractivity contribution in [3.63, 3.8) is 0 Å². The van der Waals surface area contributed by atoms with Crippen LogP contribution in [0.3, 0.4) is 0 Å². The van der Waals surface area contributed by atoms with E-state index in [1.54, 1.807) is 0 Å². The molecule has 0 atom stereocenters. The minimum absolute atomic E-state index is 0.694. The summed E-state index contributed by atoms with van der Waals surface area (Å²) < 4.78 is 3.93. The monoisotopic (exact) mass is 476 g/mol. The van der Waals surface area contributed by atoms with Crippen LogP contribution >= 0.6 is 16.5 Å². The summed E-state index contributed by atoms with van der Waals surface area (Å²) in [5, 5.41) is 8.82. The predicted molar refractivity (Wildman–Crippen MR) is 70.5 cm³/mol. The van der Waals surface area contributed by atoms with E-state index in [1.807, 2.05) is 23.2 Å². The Hall–Kier alpha value is -0.0649. The average molecular weight is 476 g/mol. The third-order valence-electron chi connectivity index (χ3n) is 2.47. The molecule has 7 heteroatoms. The summed E-state index contributed by atoms with van der Waals surface area (Å²) in [6.45, 7) is 8.83. The Bertz CT molecular complexity index is 463. The summed E-state index contributed by atoms with van der Waals surface area (Å²) in [5.41, 5.74) is 4.43. The number of hydrogen-bond donors (Lipinski definition) is 0. The Labute approximate surface area is 127 Å². The van der Waals surface area contributed by atoms with Crippen molar-refractivity contribution in [2.75, 3.05) is 0 Å². The minimum atomic E-state index is -1.14. The van der Waals surface area contributed by atoms with Gasteiger partial charge in [-0.1, -0.05) is 0 Å². The maximum absolute atomic E-state index is 4.99. The van der Waals surface area contributed by atoms with Gasteiger partial charge in [-0.3, -0.25) is 0 Å². The molecule has 0 saturated carbocycles. The van der Waals surface area contributed by atoms with Crippen molar-refractivity contribution in [2.45, 2.75) is 34.4 Å². The number of aromatic nitrogens is 4. The Morgan fingerprint density at radius 2 is 1.28 bits per heavy atom. The zero-order valence-electron chi connectivity index (χ0n) is 11.1.